The number of aryl methyl sites for hydroxylation is 1. The highest BCUT2D eigenvalue weighted by Crippen LogP contribution is 2.34. The monoisotopic (exact) mass is 456 g/mol. The normalized spacial score (nSPS) is 16.1. The van der Waals surface area contributed by atoms with E-state index in [1.54, 1.807) is 5.38 Å². The first kappa shape index (κ1) is 23.1. The molecule has 1 atom stereocenters. The van der Waals surface area contributed by atoms with Gasteiger partial charge in [0.1, 0.15) is 5.75 Å². The second-order valence-electron chi connectivity index (χ2n) is 7.35. The molecule has 6 nitrogen and oxygen atoms in total. The molecule has 10 heteroatoms. The summed E-state index contributed by atoms with van der Waals surface area (Å²) in [4.78, 5) is 27.0. The number of piperazine rings is 1. The summed E-state index contributed by atoms with van der Waals surface area (Å²) in [7, 11) is 0. The van der Waals surface area contributed by atoms with Crippen molar-refractivity contribution < 1.29 is 32.2 Å². The zero-order chi connectivity index (χ0) is 22.6. The second kappa shape index (κ2) is 9.69. The summed E-state index contributed by atoms with van der Waals surface area (Å²) in [6, 6.07) is 7.93. The Morgan fingerprint density at radius 3 is 2.58 bits per heavy atom. The van der Waals surface area contributed by atoms with Crippen molar-refractivity contribution in [1.82, 2.24) is 9.80 Å². The minimum Gasteiger partial charge on any atom is -0.437 e. The van der Waals surface area contributed by atoms with Gasteiger partial charge in [0.25, 0.3) is 6.47 Å². The predicted molar refractivity (Wildman–Crippen MR) is 110 cm³/mol. The van der Waals surface area contributed by atoms with Gasteiger partial charge in [0.05, 0.1) is 0 Å². The Morgan fingerprint density at radius 1 is 1.23 bits per heavy atom. The fourth-order valence-corrected chi connectivity index (χ4v) is 4.12. The lowest BCUT2D eigenvalue weighted by Gasteiger charge is -2.35. The number of amides is 1. The molecular weight excluding hydrogens is 433 g/mol. The van der Waals surface area contributed by atoms with Gasteiger partial charge in [-0.05, 0) is 31.0 Å². The van der Waals surface area contributed by atoms with Gasteiger partial charge in [-0.1, -0.05) is 23.8 Å². The highest BCUT2D eigenvalue weighted by Gasteiger charge is 2.40. The zero-order valence-corrected chi connectivity index (χ0v) is 18.0. The third-order valence-corrected chi connectivity index (χ3v) is 6.00. The summed E-state index contributed by atoms with van der Waals surface area (Å²) < 4.78 is 47.2. The fourth-order valence-electron chi connectivity index (χ4n) is 3.26. The van der Waals surface area contributed by atoms with Crippen molar-refractivity contribution in [2.24, 2.45) is 0 Å². The fraction of sp³-hybridized carbons (Fsp3) is 0.429. The number of nitrogens with zero attached hydrogens (tertiary/aromatic N) is 2. The van der Waals surface area contributed by atoms with Crippen LogP contribution in [-0.2, 0) is 16.1 Å². The molecule has 0 radical (unpaired) electrons. The first-order valence-corrected chi connectivity index (χ1v) is 10.6. The first-order valence-electron chi connectivity index (χ1n) is 9.70. The number of halogens is 3. The van der Waals surface area contributed by atoms with Crippen molar-refractivity contribution in [3.8, 4) is 16.2 Å². The van der Waals surface area contributed by atoms with Crippen LogP contribution in [0.15, 0.2) is 29.6 Å². The van der Waals surface area contributed by atoms with E-state index in [-0.39, 0.29) is 0 Å². The molecule has 1 aliphatic rings. The smallest absolute Gasteiger partial charge is 0.425 e. The average molecular weight is 456 g/mol. The lowest BCUT2D eigenvalue weighted by molar-refractivity contribution is -0.200. The van der Waals surface area contributed by atoms with Crippen molar-refractivity contribution in [2.45, 2.75) is 32.7 Å². The van der Waals surface area contributed by atoms with Crippen LogP contribution in [0.25, 0.3) is 10.4 Å². The van der Waals surface area contributed by atoms with E-state index in [2.05, 4.69) is 15.7 Å². The van der Waals surface area contributed by atoms with Gasteiger partial charge in [-0.25, -0.2) is 4.79 Å². The van der Waals surface area contributed by atoms with Crippen molar-refractivity contribution in [2.75, 3.05) is 26.2 Å². The second-order valence-corrected chi connectivity index (χ2v) is 8.26. The van der Waals surface area contributed by atoms with E-state index in [1.807, 2.05) is 25.1 Å². The van der Waals surface area contributed by atoms with E-state index in [0.29, 0.717) is 44.9 Å². The number of thiophene rings is 1. The molecule has 3 rings (SSSR count). The van der Waals surface area contributed by atoms with Gasteiger partial charge in [0, 0.05) is 43.0 Å². The molecule has 0 spiro atoms. The molecule has 1 unspecified atom stereocenters. The predicted octanol–water partition coefficient (Wildman–Crippen LogP) is 4.46. The minimum atomic E-state index is -4.57. The largest absolute Gasteiger partial charge is 0.437 e. The SMILES string of the molecule is Cc1ccc(CN2CCN(C(=O)OC(C)C(F)(F)F)CC2)c(-c2cc(OC=O)cs2)c1. The summed E-state index contributed by atoms with van der Waals surface area (Å²) in [5, 5.41) is 1.77. The maximum Gasteiger partial charge on any atom is 0.425 e. The quantitative estimate of drug-likeness (QED) is 0.601. The number of hydrogen-bond donors (Lipinski definition) is 0. The van der Waals surface area contributed by atoms with Gasteiger partial charge in [-0.15, -0.1) is 11.3 Å². The van der Waals surface area contributed by atoms with E-state index in [4.69, 9.17) is 4.74 Å². The molecule has 2 aromatic rings. The highest BCUT2D eigenvalue weighted by molar-refractivity contribution is 7.13. The van der Waals surface area contributed by atoms with Crippen molar-refractivity contribution in [3.05, 3.63) is 40.8 Å². The van der Waals surface area contributed by atoms with Crippen LogP contribution < -0.4 is 4.74 Å². The van der Waals surface area contributed by atoms with E-state index >= 15 is 0 Å². The average Bonchev–Trinajstić information content (AvgIpc) is 3.18. The van der Waals surface area contributed by atoms with E-state index < -0.39 is 18.4 Å². The van der Waals surface area contributed by atoms with E-state index in [1.165, 1.54) is 16.2 Å². The molecule has 1 aromatic heterocycles. The van der Waals surface area contributed by atoms with Crippen LogP contribution in [0.5, 0.6) is 5.75 Å². The van der Waals surface area contributed by atoms with Crippen molar-refractivity contribution >= 4 is 23.9 Å². The Labute approximate surface area is 182 Å². The van der Waals surface area contributed by atoms with Crippen LogP contribution in [0, 0.1) is 6.92 Å². The Bertz CT molecular complexity index is 924. The van der Waals surface area contributed by atoms with Crippen LogP contribution in [0.1, 0.15) is 18.1 Å². The summed E-state index contributed by atoms with van der Waals surface area (Å²) in [5.41, 5.74) is 3.20. The molecule has 0 N–H and O–H groups in total. The van der Waals surface area contributed by atoms with Gasteiger partial charge < -0.3 is 14.4 Å². The van der Waals surface area contributed by atoms with Crippen molar-refractivity contribution in [3.63, 3.8) is 0 Å². The van der Waals surface area contributed by atoms with Gasteiger partial charge in [-0.3, -0.25) is 9.69 Å². The molecule has 31 heavy (non-hydrogen) atoms. The third kappa shape index (κ3) is 5.98. The Balaban J connectivity index is 1.63. The van der Waals surface area contributed by atoms with Gasteiger partial charge >= 0.3 is 12.3 Å². The maximum absolute atomic E-state index is 12.6. The molecular formula is C21H23F3N2O4S. The zero-order valence-electron chi connectivity index (χ0n) is 17.1. The molecule has 168 valence electrons. The third-order valence-electron chi connectivity index (χ3n) is 5.05. The number of ether oxygens (including phenoxy) is 2. The molecule has 1 fully saturated rings. The standard InChI is InChI=1S/C21H23F3N2O4S/c1-14-3-4-16(18(9-14)19-10-17(12-31-19)29-13-27)11-25-5-7-26(8-6-25)20(28)30-15(2)21(22,23)24/h3-4,9-10,12-13,15H,5-8,11H2,1-2H3. The van der Waals surface area contributed by atoms with E-state index in [0.717, 1.165) is 28.5 Å². The summed E-state index contributed by atoms with van der Waals surface area (Å²) in [6.45, 7) is 5.46. The molecule has 1 saturated heterocycles. The molecule has 1 aliphatic heterocycles. The van der Waals surface area contributed by atoms with Crippen LogP contribution in [0.3, 0.4) is 0 Å². The molecule has 0 saturated carbocycles. The highest BCUT2D eigenvalue weighted by atomic mass is 32.1. The van der Waals surface area contributed by atoms with Gasteiger partial charge in [0.2, 0.25) is 0 Å². The number of hydrogen-bond acceptors (Lipinski definition) is 6. The van der Waals surface area contributed by atoms with E-state index in [9.17, 15) is 22.8 Å². The van der Waals surface area contributed by atoms with Crippen LogP contribution >= 0.6 is 11.3 Å². The summed E-state index contributed by atoms with van der Waals surface area (Å²) in [6.07, 6.45) is -7.65. The molecule has 1 amide bonds. The Morgan fingerprint density at radius 2 is 1.94 bits per heavy atom. The molecule has 0 bridgehead atoms. The molecule has 0 aliphatic carbocycles. The number of rotatable bonds is 6. The number of benzene rings is 1. The summed E-state index contributed by atoms with van der Waals surface area (Å²) >= 11 is 1.48. The van der Waals surface area contributed by atoms with Crippen molar-refractivity contribution in [1.29, 1.82) is 0 Å². The van der Waals surface area contributed by atoms with Crippen LogP contribution in [-0.4, -0.2) is 60.8 Å². The lowest BCUT2D eigenvalue weighted by Crippen LogP contribution is -2.49. The van der Waals surface area contributed by atoms with Crippen LogP contribution in [0.2, 0.25) is 0 Å². The van der Waals surface area contributed by atoms with Gasteiger partial charge in [0.15, 0.2) is 6.10 Å². The summed E-state index contributed by atoms with van der Waals surface area (Å²) in [5.74, 6) is 0.489. The number of carbonyl (C=O) groups excluding carboxylic acids is 2. The maximum atomic E-state index is 12.6. The van der Waals surface area contributed by atoms with Gasteiger partial charge in [-0.2, -0.15) is 13.2 Å². The number of alkyl halides is 3. The topological polar surface area (TPSA) is 59.1 Å². The Hall–Kier alpha value is -2.59. The molecule has 2 heterocycles. The minimum absolute atomic E-state index is 0.293. The number of carbonyl (C=O) groups is 2. The van der Waals surface area contributed by atoms with Crippen LogP contribution in [0.4, 0.5) is 18.0 Å². The first-order chi connectivity index (χ1) is 14.7. The Kier molecular flexibility index (Phi) is 7.22. The molecule has 1 aromatic carbocycles. The lowest BCUT2D eigenvalue weighted by atomic mass is 10.0.